The molecule has 1 aromatic rings. The molecule has 6 heteroatoms. The lowest BCUT2D eigenvalue weighted by atomic mass is 9.93. The maximum absolute atomic E-state index is 13.1. The molecule has 0 bridgehead atoms. The van der Waals surface area contributed by atoms with Gasteiger partial charge in [-0.25, -0.2) is 12.8 Å². The molecule has 0 unspecified atom stereocenters. The molecule has 0 N–H and O–H groups in total. The van der Waals surface area contributed by atoms with Crippen LogP contribution in [-0.2, 0) is 10.0 Å². The first-order chi connectivity index (χ1) is 9.46. The first-order valence-corrected chi connectivity index (χ1v) is 8.78. The van der Waals surface area contributed by atoms with E-state index in [-0.39, 0.29) is 10.9 Å². The van der Waals surface area contributed by atoms with E-state index < -0.39 is 15.8 Å². The Morgan fingerprint density at radius 1 is 1.40 bits per heavy atom. The number of rotatable bonds is 6. The van der Waals surface area contributed by atoms with Crippen LogP contribution in [0.3, 0.4) is 0 Å². The normalized spacial score (nSPS) is 16.4. The second-order valence-corrected chi connectivity index (χ2v) is 7.39. The number of halogens is 2. The Morgan fingerprint density at radius 3 is 2.60 bits per heavy atom. The summed E-state index contributed by atoms with van der Waals surface area (Å²) in [6.07, 6.45) is 3.46. The highest BCUT2D eigenvalue weighted by atomic mass is 35.5. The third kappa shape index (κ3) is 3.15. The Balaban J connectivity index is 2.33. The van der Waals surface area contributed by atoms with Crippen molar-refractivity contribution in [2.45, 2.75) is 43.5 Å². The lowest BCUT2D eigenvalue weighted by Crippen LogP contribution is -2.44. The van der Waals surface area contributed by atoms with Gasteiger partial charge in [-0.3, -0.25) is 0 Å². The Bertz CT molecular complexity index is 573. The van der Waals surface area contributed by atoms with Gasteiger partial charge in [-0.2, -0.15) is 4.31 Å². The van der Waals surface area contributed by atoms with E-state index in [1.807, 2.05) is 0 Å². The Morgan fingerprint density at radius 2 is 2.10 bits per heavy atom. The Hall–Kier alpha value is -0.650. The highest BCUT2D eigenvalue weighted by molar-refractivity contribution is 7.89. The SMILES string of the molecule is Cc1cc(F)ccc1S(=O)(=O)N(CCCCl)C1CCC1. The predicted molar refractivity (Wildman–Crippen MR) is 78.0 cm³/mol. The number of sulfonamides is 1. The van der Waals surface area contributed by atoms with Gasteiger partial charge >= 0.3 is 0 Å². The van der Waals surface area contributed by atoms with E-state index in [2.05, 4.69) is 0 Å². The Labute approximate surface area is 124 Å². The minimum atomic E-state index is -3.57. The van der Waals surface area contributed by atoms with E-state index in [9.17, 15) is 12.8 Å². The molecule has 1 aliphatic rings. The molecule has 1 fully saturated rings. The molecule has 0 aliphatic heterocycles. The van der Waals surface area contributed by atoms with E-state index in [1.165, 1.54) is 18.2 Å². The zero-order chi connectivity index (χ0) is 14.8. The van der Waals surface area contributed by atoms with E-state index in [4.69, 9.17) is 11.6 Å². The zero-order valence-electron chi connectivity index (χ0n) is 11.5. The summed E-state index contributed by atoms with van der Waals surface area (Å²) >= 11 is 5.69. The minimum Gasteiger partial charge on any atom is -0.207 e. The quantitative estimate of drug-likeness (QED) is 0.754. The topological polar surface area (TPSA) is 37.4 Å². The molecular weight excluding hydrogens is 301 g/mol. The van der Waals surface area contributed by atoms with Crippen LogP contribution in [0.15, 0.2) is 23.1 Å². The first kappa shape index (κ1) is 15.7. The average Bonchev–Trinajstić information content (AvgIpc) is 2.31. The van der Waals surface area contributed by atoms with Crippen LogP contribution >= 0.6 is 11.6 Å². The van der Waals surface area contributed by atoms with Gasteiger partial charge in [0.05, 0.1) is 4.90 Å². The molecule has 20 heavy (non-hydrogen) atoms. The van der Waals surface area contributed by atoms with Crippen molar-refractivity contribution in [3.63, 3.8) is 0 Å². The van der Waals surface area contributed by atoms with Gasteiger partial charge in [-0.05, 0) is 49.9 Å². The summed E-state index contributed by atoms with van der Waals surface area (Å²) in [5.74, 6) is 0.0126. The summed E-state index contributed by atoms with van der Waals surface area (Å²) in [6, 6.07) is 3.87. The molecule has 0 radical (unpaired) electrons. The number of alkyl halides is 1. The number of hydrogen-bond acceptors (Lipinski definition) is 2. The Kier molecular flexibility index (Phi) is 5.04. The molecule has 3 nitrogen and oxygen atoms in total. The van der Waals surface area contributed by atoms with Gasteiger partial charge in [0.1, 0.15) is 5.82 Å². The minimum absolute atomic E-state index is 0.0627. The maximum Gasteiger partial charge on any atom is 0.243 e. The monoisotopic (exact) mass is 319 g/mol. The van der Waals surface area contributed by atoms with Crippen molar-refractivity contribution in [1.29, 1.82) is 0 Å². The van der Waals surface area contributed by atoms with Crippen molar-refractivity contribution < 1.29 is 12.8 Å². The van der Waals surface area contributed by atoms with Crippen molar-refractivity contribution in [2.24, 2.45) is 0 Å². The molecule has 0 aromatic heterocycles. The molecule has 0 amide bonds. The van der Waals surface area contributed by atoms with Crippen LogP contribution in [0.4, 0.5) is 4.39 Å². The van der Waals surface area contributed by atoms with Crippen LogP contribution in [0.2, 0.25) is 0 Å². The van der Waals surface area contributed by atoms with E-state index in [1.54, 1.807) is 11.2 Å². The second kappa shape index (κ2) is 6.41. The van der Waals surface area contributed by atoms with E-state index >= 15 is 0 Å². The summed E-state index contributed by atoms with van der Waals surface area (Å²) in [4.78, 5) is 0.195. The molecule has 112 valence electrons. The highest BCUT2D eigenvalue weighted by Gasteiger charge is 2.35. The van der Waals surface area contributed by atoms with Crippen LogP contribution in [0.25, 0.3) is 0 Å². The van der Waals surface area contributed by atoms with Gasteiger partial charge in [0.2, 0.25) is 10.0 Å². The van der Waals surface area contributed by atoms with Gasteiger partial charge in [-0.1, -0.05) is 6.42 Å². The summed E-state index contributed by atoms with van der Waals surface area (Å²) in [5.41, 5.74) is 0.445. The molecule has 0 atom stereocenters. The van der Waals surface area contributed by atoms with Crippen molar-refractivity contribution in [3.8, 4) is 0 Å². The number of hydrogen-bond donors (Lipinski definition) is 0. The van der Waals surface area contributed by atoms with Gasteiger partial charge in [0.25, 0.3) is 0 Å². The largest absolute Gasteiger partial charge is 0.243 e. The predicted octanol–water partition coefficient (Wildman–Crippen LogP) is 3.31. The fourth-order valence-electron chi connectivity index (χ4n) is 2.42. The second-order valence-electron chi connectivity index (χ2n) is 5.15. The van der Waals surface area contributed by atoms with Crippen molar-refractivity contribution in [1.82, 2.24) is 4.31 Å². The molecule has 0 saturated heterocycles. The van der Waals surface area contributed by atoms with Crippen LogP contribution in [0.1, 0.15) is 31.2 Å². The van der Waals surface area contributed by atoms with Crippen molar-refractivity contribution in [2.75, 3.05) is 12.4 Å². The van der Waals surface area contributed by atoms with Crippen molar-refractivity contribution >= 4 is 21.6 Å². The van der Waals surface area contributed by atoms with Crippen LogP contribution in [0, 0.1) is 12.7 Å². The summed E-state index contributed by atoms with van der Waals surface area (Å²) < 4.78 is 40.2. The van der Waals surface area contributed by atoms with Crippen LogP contribution < -0.4 is 0 Å². The van der Waals surface area contributed by atoms with Crippen LogP contribution in [-0.4, -0.2) is 31.2 Å². The molecule has 1 aliphatic carbocycles. The summed E-state index contributed by atoms with van der Waals surface area (Å²) in [6.45, 7) is 2.05. The highest BCUT2D eigenvalue weighted by Crippen LogP contribution is 2.31. The van der Waals surface area contributed by atoms with Gasteiger partial charge in [0.15, 0.2) is 0 Å². The fourth-order valence-corrected chi connectivity index (χ4v) is 4.47. The summed E-state index contributed by atoms with van der Waals surface area (Å²) in [7, 11) is -3.57. The fraction of sp³-hybridized carbons (Fsp3) is 0.571. The lowest BCUT2D eigenvalue weighted by molar-refractivity contribution is 0.220. The molecule has 1 aromatic carbocycles. The van der Waals surface area contributed by atoms with E-state index in [0.29, 0.717) is 24.4 Å². The molecular formula is C14H19ClFNO2S. The van der Waals surface area contributed by atoms with Crippen molar-refractivity contribution in [3.05, 3.63) is 29.6 Å². The smallest absolute Gasteiger partial charge is 0.207 e. The lowest BCUT2D eigenvalue weighted by Gasteiger charge is -2.36. The molecule has 0 spiro atoms. The average molecular weight is 320 g/mol. The standard InChI is InChI=1S/C14H19ClFNO2S/c1-11-10-12(16)6-7-14(11)20(18,19)17(9-3-8-15)13-4-2-5-13/h6-7,10,13H,2-5,8-9H2,1H3. The third-order valence-electron chi connectivity index (χ3n) is 3.72. The zero-order valence-corrected chi connectivity index (χ0v) is 13.1. The summed E-state index contributed by atoms with van der Waals surface area (Å²) in [5, 5.41) is 0. The molecule has 2 rings (SSSR count). The maximum atomic E-state index is 13.1. The molecule has 1 saturated carbocycles. The van der Waals surface area contributed by atoms with Gasteiger partial charge < -0.3 is 0 Å². The third-order valence-corrected chi connectivity index (χ3v) is 6.10. The van der Waals surface area contributed by atoms with E-state index in [0.717, 1.165) is 19.3 Å². The molecule has 0 heterocycles. The van der Waals surface area contributed by atoms with Gasteiger partial charge in [0, 0.05) is 18.5 Å². The first-order valence-electron chi connectivity index (χ1n) is 6.81. The number of nitrogens with zero attached hydrogens (tertiary/aromatic N) is 1. The number of aryl methyl sites for hydroxylation is 1. The van der Waals surface area contributed by atoms with Gasteiger partial charge in [-0.15, -0.1) is 11.6 Å². The van der Waals surface area contributed by atoms with Crippen LogP contribution in [0.5, 0.6) is 0 Å². The number of benzene rings is 1.